The normalized spacial score (nSPS) is 11.4. The largest absolute Gasteiger partial charge is 0.244 e. The standard InChI is InChI=1S/C9H12N2O/c1-7(2)4-5-8(3)9-6-10-12-11-9/h4-6H,1-3H3/b8-5-. The Morgan fingerprint density at radius 2 is 2.08 bits per heavy atom. The predicted octanol–water partition coefficient (Wildman–Crippen LogP) is 2.44. The van der Waals surface area contributed by atoms with Crippen molar-refractivity contribution in [1.82, 2.24) is 10.3 Å². The molecule has 1 rings (SSSR count). The predicted molar refractivity (Wildman–Crippen MR) is 47.4 cm³/mol. The molecule has 0 aliphatic heterocycles. The second-order valence-corrected chi connectivity index (χ2v) is 2.89. The number of allylic oxidation sites excluding steroid dienone is 4. The highest BCUT2D eigenvalue weighted by Gasteiger charge is 1.97. The van der Waals surface area contributed by atoms with Crippen LogP contribution in [0.2, 0.25) is 0 Å². The fourth-order valence-corrected chi connectivity index (χ4v) is 0.715. The van der Waals surface area contributed by atoms with Crippen LogP contribution in [0.1, 0.15) is 26.5 Å². The third-order valence-electron chi connectivity index (χ3n) is 1.43. The lowest BCUT2D eigenvalue weighted by atomic mass is 10.2. The molecule has 0 saturated heterocycles. The lowest BCUT2D eigenvalue weighted by Crippen LogP contribution is -1.76. The Kier molecular flexibility index (Phi) is 2.80. The van der Waals surface area contributed by atoms with Gasteiger partial charge in [-0.05, 0) is 26.3 Å². The first-order chi connectivity index (χ1) is 5.70. The van der Waals surface area contributed by atoms with Crippen molar-refractivity contribution in [3.63, 3.8) is 0 Å². The lowest BCUT2D eigenvalue weighted by Gasteiger charge is -1.89. The Hall–Kier alpha value is -1.38. The van der Waals surface area contributed by atoms with E-state index in [1.165, 1.54) is 5.57 Å². The third kappa shape index (κ3) is 2.34. The van der Waals surface area contributed by atoms with Crippen molar-refractivity contribution in [1.29, 1.82) is 0 Å². The summed E-state index contributed by atoms with van der Waals surface area (Å²) in [5.74, 6) is 0. The molecular formula is C9H12N2O. The monoisotopic (exact) mass is 164 g/mol. The summed E-state index contributed by atoms with van der Waals surface area (Å²) in [6.07, 6.45) is 5.63. The zero-order valence-corrected chi connectivity index (χ0v) is 7.53. The molecule has 3 nitrogen and oxygen atoms in total. The quantitative estimate of drug-likeness (QED) is 0.630. The van der Waals surface area contributed by atoms with Crippen LogP contribution in [0.4, 0.5) is 0 Å². The van der Waals surface area contributed by atoms with Gasteiger partial charge in [0.1, 0.15) is 5.69 Å². The lowest BCUT2D eigenvalue weighted by molar-refractivity contribution is 0.306. The molecule has 3 heteroatoms. The van der Waals surface area contributed by atoms with E-state index >= 15 is 0 Å². The summed E-state index contributed by atoms with van der Waals surface area (Å²) in [5, 5.41) is 7.23. The summed E-state index contributed by atoms with van der Waals surface area (Å²) in [7, 11) is 0. The van der Waals surface area contributed by atoms with Crippen molar-refractivity contribution in [3.8, 4) is 0 Å². The molecule has 0 aromatic carbocycles. The molecule has 0 aliphatic rings. The number of rotatable bonds is 2. The van der Waals surface area contributed by atoms with Gasteiger partial charge in [-0.25, -0.2) is 4.63 Å². The van der Waals surface area contributed by atoms with Crippen molar-refractivity contribution in [2.45, 2.75) is 20.8 Å². The molecule has 0 radical (unpaired) electrons. The Balaban J connectivity index is 2.78. The minimum Gasteiger partial charge on any atom is -0.244 e. The highest BCUT2D eigenvalue weighted by atomic mass is 16.6. The van der Waals surface area contributed by atoms with Gasteiger partial charge < -0.3 is 0 Å². The Morgan fingerprint density at radius 3 is 2.58 bits per heavy atom. The van der Waals surface area contributed by atoms with Crippen LogP contribution in [0, 0.1) is 0 Å². The molecule has 0 N–H and O–H groups in total. The van der Waals surface area contributed by atoms with Crippen molar-refractivity contribution >= 4 is 5.57 Å². The SMILES string of the molecule is CC(C)=C/C=C(/C)c1cnon1. The van der Waals surface area contributed by atoms with Crippen LogP contribution < -0.4 is 0 Å². The number of hydrogen-bond donors (Lipinski definition) is 0. The van der Waals surface area contributed by atoms with Gasteiger partial charge in [-0.2, -0.15) is 0 Å². The first-order valence-corrected chi connectivity index (χ1v) is 3.80. The van der Waals surface area contributed by atoms with E-state index in [0.29, 0.717) is 0 Å². The molecule has 0 atom stereocenters. The molecule has 0 saturated carbocycles. The minimum absolute atomic E-state index is 0.785. The maximum atomic E-state index is 4.48. The molecule has 0 spiro atoms. The average Bonchev–Trinajstić information content (AvgIpc) is 2.51. The van der Waals surface area contributed by atoms with E-state index in [9.17, 15) is 0 Å². The summed E-state index contributed by atoms with van der Waals surface area (Å²) in [4.78, 5) is 0. The molecule has 1 aromatic heterocycles. The van der Waals surface area contributed by atoms with Gasteiger partial charge in [-0.3, -0.25) is 0 Å². The van der Waals surface area contributed by atoms with E-state index in [2.05, 4.69) is 14.9 Å². The molecule has 1 heterocycles. The van der Waals surface area contributed by atoms with Gasteiger partial charge in [-0.1, -0.05) is 28.0 Å². The molecule has 1 aromatic rings. The van der Waals surface area contributed by atoms with Gasteiger partial charge >= 0.3 is 0 Å². The van der Waals surface area contributed by atoms with E-state index in [1.54, 1.807) is 6.20 Å². The van der Waals surface area contributed by atoms with Gasteiger partial charge in [0, 0.05) is 0 Å². The van der Waals surface area contributed by atoms with E-state index < -0.39 is 0 Å². The average molecular weight is 164 g/mol. The minimum atomic E-state index is 0.785. The Bertz CT molecular complexity index is 292. The number of aromatic nitrogens is 2. The van der Waals surface area contributed by atoms with Crippen molar-refractivity contribution in [2.75, 3.05) is 0 Å². The van der Waals surface area contributed by atoms with Crippen LogP contribution in [0.5, 0.6) is 0 Å². The molecule has 0 bridgehead atoms. The van der Waals surface area contributed by atoms with Gasteiger partial charge in [0.25, 0.3) is 0 Å². The van der Waals surface area contributed by atoms with E-state index in [1.807, 2.05) is 32.9 Å². The number of hydrogen-bond acceptors (Lipinski definition) is 3. The highest BCUT2D eigenvalue weighted by molar-refractivity contribution is 5.60. The van der Waals surface area contributed by atoms with Crippen molar-refractivity contribution < 1.29 is 4.63 Å². The second-order valence-electron chi connectivity index (χ2n) is 2.89. The van der Waals surface area contributed by atoms with E-state index in [0.717, 1.165) is 11.3 Å². The molecule has 64 valence electrons. The summed E-state index contributed by atoms with van der Waals surface area (Å²) in [5.41, 5.74) is 3.09. The Labute approximate surface area is 71.7 Å². The Morgan fingerprint density at radius 1 is 1.33 bits per heavy atom. The van der Waals surface area contributed by atoms with Gasteiger partial charge in [0.2, 0.25) is 0 Å². The zero-order chi connectivity index (χ0) is 8.97. The smallest absolute Gasteiger partial charge is 0.130 e. The molecule has 0 unspecified atom stereocenters. The van der Waals surface area contributed by atoms with E-state index in [4.69, 9.17) is 0 Å². The fraction of sp³-hybridized carbons (Fsp3) is 0.333. The van der Waals surface area contributed by atoms with Crippen LogP contribution in [0.15, 0.2) is 28.6 Å². The highest BCUT2D eigenvalue weighted by Crippen LogP contribution is 2.09. The molecule has 0 fully saturated rings. The topological polar surface area (TPSA) is 38.9 Å². The summed E-state index contributed by atoms with van der Waals surface area (Å²) in [6.45, 7) is 6.06. The molecule has 12 heavy (non-hydrogen) atoms. The van der Waals surface area contributed by atoms with Crippen LogP contribution in [0.3, 0.4) is 0 Å². The van der Waals surface area contributed by atoms with Crippen LogP contribution in [-0.4, -0.2) is 10.3 Å². The van der Waals surface area contributed by atoms with Crippen LogP contribution in [0.25, 0.3) is 5.57 Å². The first kappa shape index (κ1) is 8.71. The second kappa shape index (κ2) is 3.85. The van der Waals surface area contributed by atoms with Crippen LogP contribution in [-0.2, 0) is 0 Å². The van der Waals surface area contributed by atoms with Crippen molar-refractivity contribution in [3.05, 3.63) is 29.6 Å². The molecular weight excluding hydrogens is 152 g/mol. The van der Waals surface area contributed by atoms with Crippen LogP contribution >= 0.6 is 0 Å². The maximum absolute atomic E-state index is 4.48. The molecule has 0 aliphatic carbocycles. The van der Waals surface area contributed by atoms with Crippen molar-refractivity contribution in [2.24, 2.45) is 0 Å². The van der Waals surface area contributed by atoms with Gasteiger partial charge in [0.05, 0.1) is 6.20 Å². The zero-order valence-electron chi connectivity index (χ0n) is 7.53. The summed E-state index contributed by atoms with van der Waals surface area (Å²) < 4.78 is 4.48. The first-order valence-electron chi connectivity index (χ1n) is 3.80. The van der Waals surface area contributed by atoms with Gasteiger partial charge in [0.15, 0.2) is 0 Å². The molecule has 0 amide bonds. The summed E-state index contributed by atoms with van der Waals surface area (Å²) in [6, 6.07) is 0. The fourth-order valence-electron chi connectivity index (χ4n) is 0.715. The summed E-state index contributed by atoms with van der Waals surface area (Å²) >= 11 is 0. The third-order valence-corrected chi connectivity index (χ3v) is 1.43. The number of nitrogens with zero attached hydrogens (tertiary/aromatic N) is 2. The van der Waals surface area contributed by atoms with E-state index in [-0.39, 0.29) is 0 Å². The maximum Gasteiger partial charge on any atom is 0.130 e. The van der Waals surface area contributed by atoms with Gasteiger partial charge in [-0.15, -0.1) is 0 Å².